The van der Waals surface area contributed by atoms with E-state index in [9.17, 15) is 13.2 Å². The molecule has 0 fully saturated rings. The summed E-state index contributed by atoms with van der Waals surface area (Å²) < 4.78 is 32.7. The van der Waals surface area contributed by atoms with Gasteiger partial charge in [-0.1, -0.05) is 18.5 Å². The molecule has 2 N–H and O–H groups in total. The SMILES string of the molecule is CCCNC(=O)c1cc(S(=O)(=O)Nc2ccc(Cl)cc2)ccc1OC. The highest BCUT2D eigenvalue weighted by Gasteiger charge is 2.20. The Balaban J connectivity index is 2.34. The first-order chi connectivity index (χ1) is 11.9. The van der Waals surface area contributed by atoms with Crippen LogP contribution in [0, 0.1) is 0 Å². The summed E-state index contributed by atoms with van der Waals surface area (Å²) in [5.74, 6) is -0.0821. The number of carbonyl (C=O) groups is 1. The molecule has 0 aliphatic heterocycles. The van der Waals surface area contributed by atoms with Crippen LogP contribution in [-0.4, -0.2) is 28.0 Å². The van der Waals surface area contributed by atoms with Crippen molar-refractivity contribution < 1.29 is 17.9 Å². The summed E-state index contributed by atoms with van der Waals surface area (Å²) in [4.78, 5) is 12.2. The van der Waals surface area contributed by atoms with Crippen LogP contribution in [0.2, 0.25) is 5.02 Å². The van der Waals surface area contributed by atoms with Gasteiger partial charge < -0.3 is 10.1 Å². The molecule has 0 bridgehead atoms. The number of halogens is 1. The van der Waals surface area contributed by atoms with E-state index in [4.69, 9.17) is 16.3 Å². The van der Waals surface area contributed by atoms with Gasteiger partial charge >= 0.3 is 0 Å². The van der Waals surface area contributed by atoms with E-state index in [1.165, 1.54) is 25.3 Å². The van der Waals surface area contributed by atoms with Gasteiger partial charge in [0.1, 0.15) is 5.75 Å². The van der Waals surface area contributed by atoms with E-state index in [0.717, 1.165) is 6.42 Å². The number of amides is 1. The van der Waals surface area contributed by atoms with Crippen molar-refractivity contribution in [2.24, 2.45) is 0 Å². The van der Waals surface area contributed by atoms with Gasteiger partial charge in [0, 0.05) is 17.3 Å². The van der Waals surface area contributed by atoms with Crippen LogP contribution in [-0.2, 0) is 10.0 Å². The molecule has 6 nitrogen and oxygen atoms in total. The summed E-state index contributed by atoms with van der Waals surface area (Å²) in [6.45, 7) is 2.41. The van der Waals surface area contributed by atoms with Gasteiger partial charge in [0.05, 0.1) is 17.6 Å². The van der Waals surface area contributed by atoms with Gasteiger partial charge in [-0.25, -0.2) is 8.42 Å². The Kier molecular flexibility index (Phi) is 6.27. The Morgan fingerprint density at radius 3 is 2.44 bits per heavy atom. The van der Waals surface area contributed by atoms with E-state index >= 15 is 0 Å². The fraction of sp³-hybridized carbons (Fsp3) is 0.235. The van der Waals surface area contributed by atoms with Crippen molar-refractivity contribution in [3.63, 3.8) is 0 Å². The molecule has 2 aromatic rings. The molecule has 2 aromatic carbocycles. The summed E-state index contributed by atoms with van der Waals surface area (Å²) in [7, 11) is -2.43. The number of anilines is 1. The standard InChI is InChI=1S/C17H19ClN2O4S/c1-3-10-19-17(21)15-11-14(8-9-16(15)24-2)25(22,23)20-13-6-4-12(18)5-7-13/h4-9,11,20H,3,10H2,1-2H3,(H,19,21). The molecule has 134 valence electrons. The summed E-state index contributed by atoms with van der Waals surface area (Å²) >= 11 is 5.79. The largest absolute Gasteiger partial charge is 0.496 e. The molecule has 2 rings (SSSR count). The Labute approximate surface area is 152 Å². The van der Waals surface area contributed by atoms with Crippen LogP contribution in [0.1, 0.15) is 23.7 Å². The van der Waals surface area contributed by atoms with Gasteiger partial charge in [0.15, 0.2) is 0 Å². The predicted octanol–water partition coefficient (Wildman–Crippen LogP) is 3.29. The maximum absolute atomic E-state index is 12.6. The molecule has 0 aliphatic rings. The molecule has 0 saturated carbocycles. The van der Waals surface area contributed by atoms with Crippen LogP contribution < -0.4 is 14.8 Å². The van der Waals surface area contributed by atoms with E-state index in [1.54, 1.807) is 24.3 Å². The molecular formula is C17H19ClN2O4S. The summed E-state index contributed by atoms with van der Waals surface area (Å²) in [6, 6.07) is 10.4. The van der Waals surface area contributed by atoms with Crippen molar-refractivity contribution in [2.75, 3.05) is 18.4 Å². The van der Waals surface area contributed by atoms with Crippen LogP contribution in [0.4, 0.5) is 5.69 Å². The number of hydrogen-bond donors (Lipinski definition) is 2. The first kappa shape index (κ1) is 19.1. The van der Waals surface area contributed by atoms with Gasteiger partial charge in [-0.05, 0) is 48.9 Å². The number of benzene rings is 2. The molecule has 0 heterocycles. The minimum Gasteiger partial charge on any atom is -0.496 e. The molecule has 0 aliphatic carbocycles. The second kappa shape index (κ2) is 8.22. The average molecular weight is 383 g/mol. The normalized spacial score (nSPS) is 11.0. The van der Waals surface area contributed by atoms with Gasteiger partial charge in [-0.15, -0.1) is 0 Å². The van der Waals surface area contributed by atoms with Crippen molar-refractivity contribution in [3.8, 4) is 5.75 Å². The third kappa shape index (κ3) is 4.87. The van der Waals surface area contributed by atoms with Crippen LogP contribution in [0.25, 0.3) is 0 Å². The summed E-state index contributed by atoms with van der Waals surface area (Å²) in [5, 5.41) is 3.21. The Morgan fingerprint density at radius 1 is 1.16 bits per heavy atom. The molecule has 0 spiro atoms. The molecule has 0 saturated heterocycles. The monoisotopic (exact) mass is 382 g/mol. The van der Waals surface area contributed by atoms with Crippen LogP contribution in [0.5, 0.6) is 5.75 Å². The highest BCUT2D eigenvalue weighted by atomic mass is 35.5. The molecule has 0 atom stereocenters. The van der Waals surface area contributed by atoms with Crippen LogP contribution in [0.3, 0.4) is 0 Å². The lowest BCUT2D eigenvalue weighted by Crippen LogP contribution is -2.25. The number of sulfonamides is 1. The lowest BCUT2D eigenvalue weighted by molar-refractivity contribution is 0.0950. The van der Waals surface area contributed by atoms with Crippen molar-refractivity contribution in [1.82, 2.24) is 5.32 Å². The van der Waals surface area contributed by atoms with E-state index in [0.29, 0.717) is 23.0 Å². The van der Waals surface area contributed by atoms with Gasteiger partial charge in [-0.3, -0.25) is 9.52 Å². The second-order valence-electron chi connectivity index (χ2n) is 5.23. The predicted molar refractivity (Wildman–Crippen MR) is 97.9 cm³/mol. The second-order valence-corrected chi connectivity index (χ2v) is 7.35. The quantitative estimate of drug-likeness (QED) is 0.769. The molecule has 0 radical (unpaired) electrons. The highest BCUT2D eigenvalue weighted by molar-refractivity contribution is 7.92. The average Bonchev–Trinajstić information content (AvgIpc) is 2.60. The van der Waals surface area contributed by atoms with Crippen molar-refractivity contribution >= 4 is 33.2 Å². The minimum absolute atomic E-state index is 0.0371. The smallest absolute Gasteiger partial charge is 0.261 e. The molecule has 0 aromatic heterocycles. The van der Waals surface area contributed by atoms with E-state index in [-0.39, 0.29) is 16.4 Å². The maximum Gasteiger partial charge on any atom is 0.261 e. The summed E-state index contributed by atoms with van der Waals surface area (Å²) in [5.41, 5.74) is 0.534. The zero-order valence-electron chi connectivity index (χ0n) is 13.9. The van der Waals surface area contributed by atoms with Gasteiger partial charge in [0.25, 0.3) is 15.9 Å². The number of methoxy groups -OCH3 is 1. The third-order valence-electron chi connectivity index (χ3n) is 3.36. The number of ether oxygens (including phenoxy) is 1. The number of hydrogen-bond acceptors (Lipinski definition) is 4. The van der Waals surface area contributed by atoms with Crippen molar-refractivity contribution in [2.45, 2.75) is 18.2 Å². The maximum atomic E-state index is 12.6. The molecule has 8 heteroatoms. The molecule has 0 unspecified atom stereocenters. The van der Waals surface area contributed by atoms with Crippen molar-refractivity contribution in [3.05, 3.63) is 53.1 Å². The molecular weight excluding hydrogens is 364 g/mol. The highest BCUT2D eigenvalue weighted by Crippen LogP contribution is 2.24. The fourth-order valence-corrected chi connectivity index (χ4v) is 3.31. The Hall–Kier alpha value is -2.25. The van der Waals surface area contributed by atoms with E-state index in [2.05, 4.69) is 10.0 Å². The minimum atomic E-state index is -3.86. The number of carbonyl (C=O) groups excluding carboxylic acids is 1. The van der Waals surface area contributed by atoms with Crippen LogP contribution in [0.15, 0.2) is 47.4 Å². The fourth-order valence-electron chi connectivity index (χ4n) is 2.10. The van der Waals surface area contributed by atoms with Crippen molar-refractivity contribution in [1.29, 1.82) is 0 Å². The number of rotatable bonds is 7. The van der Waals surface area contributed by atoms with Gasteiger partial charge in [0.2, 0.25) is 0 Å². The topological polar surface area (TPSA) is 84.5 Å². The number of nitrogens with one attached hydrogen (secondary N) is 2. The lowest BCUT2D eigenvalue weighted by atomic mass is 10.2. The molecule has 25 heavy (non-hydrogen) atoms. The zero-order valence-corrected chi connectivity index (χ0v) is 15.4. The zero-order chi connectivity index (χ0) is 18.4. The van der Waals surface area contributed by atoms with Crippen LogP contribution >= 0.6 is 11.6 Å². The first-order valence-corrected chi connectivity index (χ1v) is 9.48. The third-order valence-corrected chi connectivity index (χ3v) is 4.99. The van der Waals surface area contributed by atoms with E-state index in [1.807, 2.05) is 6.92 Å². The van der Waals surface area contributed by atoms with E-state index < -0.39 is 10.0 Å². The molecule has 1 amide bonds. The van der Waals surface area contributed by atoms with Gasteiger partial charge in [-0.2, -0.15) is 0 Å². The lowest BCUT2D eigenvalue weighted by Gasteiger charge is -2.12. The first-order valence-electron chi connectivity index (χ1n) is 7.62. The Morgan fingerprint density at radius 2 is 1.84 bits per heavy atom. The Bertz CT molecular complexity index is 851. The summed E-state index contributed by atoms with van der Waals surface area (Å²) in [6.07, 6.45) is 0.768.